The minimum Gasteiger partial charge on any atom is -0.342 e. The van der Waals surface area contributed by atoms with Crippen molar-refractivity contribution in [3.63, 3.8) is 0 Å². The molecule has 0 bridgehead atoms. The summed E-state index contributed by atoms with van der Waals surface area (Å²) in [7, 11) is 2.10. The molecule has 1 aromatic heterocycles. The topological polar surface area (TPSA) is 21.1 Å². The Morgan fingerprint density at radius 2 is 1.87 bits per heavy atom. The summed E-state index contributed by atoms with van der Waals surface area (Å²) in [6, 6.07) is 8.32. The smallest absolute Gasteiger partial charge is 0.206 e. The minimum atomic E-state index is 1.10. The predicted octanol–water partition coefficient (Wildman–Crippen LogP) is 2.17. The summed E-state index contributed by atoms with van der Waals surface area (Å²) in [5.74, 6) is 1.12. The Hall–Kier alpha value is -1.51. The van der Waals surface area contributed by atoms with Crippen molar-refractivity contribution in [3.8, 4) is 0 Å². The Labute approximate surface area is 89.3 Å². The number of imidazole rings is 1. The number of para-hydroxylation sites is 2. The van der Waals surface area contributed by atoms with Crippen LogP contribution in [0.2, 0.25) is 0 Å². The summed E-state index contributed by atoms with van der Waals surface area (Å²) < 4.78 is 2.20. The van der Waals surface area contributed by atoms with Gasteiger partial charge in [0, 0.05) is 20.1 Å². The summed E-state index contributed by atoms with van der Waals surface area (Å²) in [5.41, 5.74) is 2.32. The van der Waals surface area contributed by atoms with E-state index in [1.54, 1.807) is 0 Å². The molecule has 0 spiro atoms. The van der Waals surface area contributed by atoms with Crippen LogP contribution in [0, 0.1) is 0 Å². The molecule has 0 radical (unpaired) electrons. The molecule has 78 valence electrons. The van der Waals surface area contributed by atoms with Crippen LogP contribution < -0.4 is 4.90 Å². The summed E-state index contributed by atoms with van der Waals surface area (Å²) in [5, 5.41) is 0. The first-order valence-electron chi connectivity index (χ1n) is 5.53. The Balaban J connectivity index is 2.14. The SMILES string of the molecule is Cn1c(N2CCCC2)nc2ccccc21. The second-order valence-electron chi connectivity index (χ2n) is 4.15. The lowest BCUT2D eigenvalue weighted by Gasteiger charge is -2.15. The molecule has 1 fully saturated rings. The van der Waals surface area contributed by atoms with Crippen LogP contribution in [-0.4, -0.2) is 22.6 Å². The molecule has 1 aliphatic rings. The molecule has 0 N–H and O–H groups in total. The zero-order valence-corrected chi connectivity index (χ0v) is 8.98. The molecule has 2 heterocycles. The highest BCUT2D eigenvalue weighted by Gasteiger charge is 2.17. The van der Waals surface area contributed by atoms with Gasteiger partial charge in [-0.25, -0.2) is 4.98 Å². The number of hydrogen-bond donors (Lipinski definition) is 0. The van der Waals surface area contributed by atoms with Crippen LogP contribution in [0.25, 0.3) is 11.0 Å². The van der Waals surface area contributed by atoms with Gasteiger partial charge in [-0.05, 0) is 25.0 Å². The summed E-state index contributed by atoms with van der Waals surface area (Å²) in [4.78, 5) is 7.06. The normalized spacial score (nSPS) is 16.5. The van der Waals surface area contributed by atoms with E-state index in [9.17, 15) is 0 Å². The minimum absolute atomic E-state index is 1.10. The lowest BCUT2D eigenvalue weighted by Crippen LogP contribution is -2.21. The van der Waals surface area contributed by atoms with Gasteiger partial charge in [-0.15, -0.1) is 0 Å². The number of rotatable bonds is 1. The van der Waals surface area contributed by atoms with E-state index >= 15 is 0 Å². The molecule has 2 aromatic rings. The monoisotopic (exact) mass is 201 g/mol. The van der Waals surface area contributed by atoms with E-state index in [2.05, 4.69) is 39.7 Å². The third-order valence-corrected chi connectivity index (χ3v) is 3.15. The summed E-state index contributed by atoms with van der Waals surface area (Å²) >= 11 is 0. The summed E-state index contributed by atoms with van der Waals surface area (Å²) in [6.45, 7) is 2.30. The molecule has 0 aliphatic carbocycles. The van der Waals surface area contributed by atoms with Crippen molar-refractivity contribution < 1.29 is 0 Å². The van der Waals surface area contributed by atoms with Gasteiger partial charge in [0.2, 0.25) is 5.95 Å². The maximum atomic E-state index is 4.68. The number of aryl methyl sites for hydroxylation is 1. The van der Waals surface area contributed by atoms with Crippen LogP contribution in [0.4, 0.5) is 5.95 Å². The summed E-state index contributed by atoms with van der Waals surface area (Å²) in [6.07, 6.45) is 2.59. The van der Waals surface area contributed by atoms with Gasteiger partial charge >= 0.3 is 0 Å². The molecule has 3 rings (SSSR count). The van der Waals surface area contributed by atoms with Crippen molar-refractivity contribution in [2.24, 2.45) is 7.05 Å². The standard InChI is InChI=1S/C12H15N3/c1-14-11-7-3-2-6-10(11)13-12(14)15-8-4-5-9-15/h2-3,6-7H,4-5,8-9H2,1H3. The Kier molecular flexibility index (Phi) is 1.91. The molecule has 3 heteroatoms. The molecular weight excluding hydrogens is 186 g/mol. The van der Waals surface area contributed by atoms with Crippen LogP contribution in [0.1, 0.15) is 12.8 Å². The van der Waals surface area contributed by atoms with E-state index in [1.807, 2.05) is 6.07 Å². The second kappa shape index (κ2) is 3.26. The highest BCUT2D eigenvalue weighted by atomic mass is 15.3. The largest absolute Gasteiger partial charge is 0.342 e. The van der Waals surface area contributed by atoms with Crippen LogP contribution in [0.15, 0.2) is 24.3 Å². The fourth-order valence-electron chi connectivity index (χ4n) is 2.33. The van der Waals surface area contributed by atoms with Crippen molar-refractivity contribution in [1.82, 2.24) is 9.55 Å². The predicted molar refractivity (Wildman–Crippen MR) is 62.2 cm³/mol. The van der Waals surface area contributed by atoms with Crippen molar-refractivity contribution in [3.05, 3.63) is 24.3 Å². The second-order valence-corrected chi connectivity index (χ2v) is 4.15. The van der Waals surface area contributed by atoms with Crippen molar-refractivity contribution >= 4 is 17.0 Å². The molecule has 15 heavy (non-hydrogen) atoms. The molecule has 0 saturated carbocycles. The lowest BCUT2D eigenvalue weighted by atomic mass is 10.3. The van der Waals surface area contributed by atoms with Crippen molar-refractivity contribution in [1.29, 1.82) is 0 Å². The quantitative estimate of drug-likeness (QED) is 0.705. The molecular formula is C12H15N3. The third kappa shape index (κ3) is 1.30. The van der Waals surface area contributed by atoms with Crippen LogP contribution >= 0.6 is 0 Å². The van der Waals surface area contributed by atoms with Gasteiger partial charge < -0.3 is 9.47 Å². The van der Waals surface area contributed by atoms with Gasteiger partial charge in [0.15, 0.2) is 0 Å². The van der Waals surface area contributed by atoms with Gasteiger partial charge in [0.25, 0.3) is 0 Å². The van der Waals surface area contributed by atoms with Gasteiger partial charge in [0.1, 0.15) is 0 Å². The van der Waals surface area contributed by atoms with Crippen LogP contribution in [0.5, 0.6) is 0 Å². The Morgan fingerprint density at radius 3 is 2.60 bits per heavy atom. The Bertz CT molecular complexity index is 481. The molecule has 1 aliphatic heterocycles. The first-order valence-corrected chi connectivity index (χ1v) is 5.53. The van der Waals surface area contributed by atoms with E-state index in [-0.39, 0.29) is 0 Å². The number of nitrogens with zero attached hydrogens (tertiary/aromatic N) is 3. The highest BCUT2D eigenvalue weighted by Crippen LogP contribution is 2.23. The zero-order chi connectivity index (χ0) is 10.3. The lowest BCUT2D eigenvalue weighted by molar-refractivity contribution is 0.837. The Morgan fingerprint density at radius 1 is 1.13 bits per heavy atom. The molecule has 0 atom stereocenters. The first-order chi connectivity index (χ1) is 7.36. The molecule has 1 saturated heterocycles. The van der Waals surface area contributed by atoms with E-state index in [4.69, 9.17) is 0 Å². The first kappa shape index (κ1) is 8.77. The van der Waals surface area contributed by atoms with Gasteiger partial charge in [0.05, 0.1) is 11.0 Å². The average molecular weight is 201 g/mol. The number of hydrogen-bond acceptors (Lipinski definition) is 2. The molecule has 3 nitrogen and oxygen atoms in total. The van der Waals surface area contributed by atoms with Crippen LogP contribution in [0.3, 0.4) is 0 Å². The van der Waals surface area contributed by atoms with Crippen molar-refractivity contribution in [2.45, 2.75) is 12.8 Å². The molecule has 0 amide bonds. The number of aromatic nitrogens is 2. The number of fused-ring (bicyclic) bond motifs is 1. The van der Waals surface area contributed by atoms with Crippen LogP contribution in [-0.2, 0) is 7.05 Å². The zero-order valence-electron chi connectivity index (χ0n) is 8.98. The fraction of sp³-hybridized carbons (Fsp3) is 0.417. The number of anilines is 1. The van der Waals surface area contributed by atoms with E-state index in [0.29, 0.717) is 0 Å². The highest BCUT2D eigenvalue weighted by molar-refractivity contribution is 5.78. The molecule has 1 aromatic carbocycles. The van der Waals surface area contributed by atoms with Gasteiger partial charge in [-0.2, -0.15) is 0 Å². The van der Waals surface area contributed by atoms with E-state index in [1.165, 1.54) is 18.4 Å². The maximum Gasteiger partial charge on any atom is 0.206 e. The number of benzene rings is 1. The third-order valence-electron chi connectivity index (χ3n) is 3.15. The van der Waals surface area contributed by atoms with E-state index in [0.717, 1.165) is 24.6 Å². The average Bonchev–Trinajstić information content (AvgIpc) is 2.87. The fourth-order valence-corrected chi connectivity index (χ4v) is 2.33. The van der Waals surface area contributed by atoms with Gasteiger partial charge in [-0.1, -0.05) is 12.1 Å². The van der Waals surface area contributed by atoms with E-state index < -0.39 is 0 Å². The van der Waals surface area contributed by atoms with Gasteiger partial charge in [-0.3, -0.25) is 0 Å². The maximum absolute atomic E-state index is 4.68. The molecule has 0 unspecified atom stereocenters. The van der Waals surface area contributed by atoms with Crippen molar-refractivity contribution in [2.75, 3.05) is 18.0 Å².